The first-order chi connectivity index (χ1) is 14.5. The third-order valence-corrected chi connectivity index (χ3v) is 6.22. The molecule has 0 bridgehead atoms. The Hall–Kier alpha value is -2.65. The molecule has 3 aromatic rings. The molecule has 3 amide bonds. The monoisotopic (exact) mass is 485 g/mol. The van der Waals surface area contributed by atoms with Gasteiger partial charge in [0.15, 0.2) is 5.16 Å². The maximum absolute atomic E-state index is 11.7. The van der Waals surface area contributed by atoms with Crippen molar-refractivity contribution in [1.82, 2.24) is 25.4 Å². The Bertz CT molecular complexity index is 1070. The first-order valence-electron chi connectivity index (χ1n) is 9.47. The summed E-state index contributed by atoms with van der Waals surface area (Å²) in [5.74, 6) is 1.17. The number of halogens is 1. The molecule has 1 aliphatic rings. The number of benzene rings is 2. The second-order valence-electron chi connectivity index (χ2n) is 7.12. The maximum atomic E-state index is 11.7. The topological polar surface area (TPSA) is 88.9 Å². The van der Waals surface area contributed by atoms with Gasteiger partial charge in [0.05, 0.1) is 0 Å². The van der Waals surface area contributed by atoms with Crippen molar-refractivity contribution in [3.8, 4) is 5.69 Å². The molecular weight excluding hydrogens is 466 g/mol. The fourth-order valence-electron chi connectivity index (χ4n) is 3.30. The van der Waals surface area contributed by atoms with Crippen LogP contribution in [0.4, 0.5) is 4.79 Å². The van der Waals surface area contributed by atoms with Gasteiger partial charge in [-0.2, -0.15) is 0 Å². The highest BCUT2D eigenvalue weighted by molar-refractivity contribution is 9.10. The Morgan fingerprint density at radius 3 is 2.70 bits per heavy atom. The molecule has 2 N–H and O–H groups in total. The number of carbonyl (C=O) groups is 2. The summed E-state index contributed by atoms with van der Waals surface area (Å²) in [5, 5.41) is 14.6. The quantitative estimate of drug-likeness (QED) is 0.518. The van der Waals surface area contributed by atoms with Crippen LogP contribution in [0.2, 0.25) is 0 Å². The number of imide groups is 1. The van der Waals surface area contributed by atoms with E-state index in [1.165, 1.54) is 5.56 Å². The van der Waals surface area contributed by atoms with Gasteiger partial charge in [-0.25, -0.2) is 4.79 Å². The normalized spacial score (nSPS) is 16.3. The number of rotatable bonds is 6. The molecule has 1 unspecified atom stereocenters. The van der Waals surface area contributed by atoms with Gasteiger partial charge in [0, 0.05) is 34.8 Å². The second-order valence-corrected chi connectivity index (χ2v) is 8.97. The molecule has 0 aliphatic carbocycles. The van der Waals surface area contributed by atoms with E-state index in [4.69, 9.17) is 0 Å². The smallest absolute Gasteiger partial charge is 0.321 e. The summed E-state index contributed by atoms with van der Waals surface area (Å²) in [7, 11) is 0. The molecule has 1 aromatic heterocycles. The molecule has 9 heteroatoms. The number of nitrogens with zero attached hydrogens (tertiary/aromatic N) is 3. The van der Waals surface area contributed by atoms with Gasteiger partial charge >= 0.3 is 6.03 Å². The molecule has 0 radical (unpaired) electrons. The Morgan fingerprint density at radius 1 is 1.17 bits per heavy atom. The van der Waals surface area contributed by atoms with Gasteiger partial charge in [0.1, 0.15) is 5.82 Å². The van der Waals surface area contributed by atoms with Crippen molar-refractivity contribution < 1.29 is 9.59 Å². The number of thioether (sulfide) groups is 1. The predicted octanol–water partition coefficient (Wildman–Crippen LogP) is 3.77. The zero-order valence-electron chi connectivity index (χ0n) is 16.3. The van der Waals surface area contributed by atoms with Crippen molar-refractivity contribution >= 4 is 39.6 Å². The molecule has 4 rings (SSSR count). The largest absolute Gasteiger partial charge is 0.334 e. The summed E-state index contributed by atoms with van der Waals surface area (Å²) in [5.41, 5.74) is 3.26. The number of aromatic nitrogens is 3. The van der Waals surface area contributed by atoms with Crippen molar-refractivity contribution in [2.24, 2.45) is 0 Å². The minimum absolute atomic E-state index is 0.216. The van der Waals surface area contributed by atoms with Gasteiger partial charge in [-0.15, -0.1) is 10.2 Å². The van der Waals surface area contributed by atoms with Gasteiger partial charge < -0.3 is 5.32 Å². The summed E-state index contributed by atoms with van der Waals surface area (Å²) in [4.78, 5) is 23.4. The van der Waals surface area contributed by atoms with Gasteiger partial charge in [0.25, 0.3) is 0 Å². The molecule has 2 heterocycles. The lowest BCUT2D eigenvalue weighted by Gasteiger charge is -2.23. The number of hydrogen-bond donors (Lipinski definition) is 2. The molecule has 30 heavy (non-hydrogen) atoms. The molecule has 2 aromatic carbocycles. The summed E-state index contributed by atoms with van der Waals surface area (Å²) in [6.45, 7) is 2.04. The number of carbonyl (C=O) groups excluding carboxylic acids is 2. The minimum atomic E-state index is -0.470. The average molecular weight is 486 g/mol. The SMILES string of the molecule is Cc1cccc(-n2c(CC3CC(=O)NC(=O)N3)nnc2SCc2ccc(Br)cc2)c1. The van der Waals surface area contributed by atoms with Gasteiger partial charge in [-0.1, -0.05) is 52.0 Å². The Kier molecular flexibility index (Phi) is 6.19. The van der Waals surface area contributed by atoms with E-state index in [0.717, 1.165) is 26.6 Å². The number of hydrogen-bond acceptors (Lipinski definition) is 5. The van der Waals surface area contributed by atoms with Crippen molar-refractivity contribution in [2.45, 2.75) is 36.7 Å². The van der Waals surface area contributed by atoms with Crippen molar-refractivity contribution in [3.63, 3.8) is 0 Å². The third kappa shape index (κ3) is 4.91. The van der Waals surface area contributed by atoms with Crippen LogP contribution >= 0.6 is 27.7 Å². The van der Waals surface area contributed by atoms with E-state index < -0.39 is 6.03 Å². The molecule has 0 saturated carbocycles. The number of amides is 3. The van der Waals surface area contributed by atoms with Crippen LogP contribution in [-0.2, 0) is 17.0 Å². The van der Waals surface area contributed by atoms with Crippen LogP contribution in [0.3, 0.4) is 0 Å². The molecule has 1 saturated heterocycles. The van der Waals surface area contributed by atoms with Gasteiger partial charge in [-0.05, 0) is 42.3 Å². The van der Waals surface area contributed by atoms with E-state index in [1.807, 2.05) is 41.8 Å². The first kappa shape index (κ1) is 20.6. The second kappa shape index (κ2) is 9.01. The Balaban J connectivity index is 1.62. The highest BCUT2D eigenvalue weighted by atomic mass is 79.9. The average Bonchev–Trinajstić information content (AvgIpc) is 3.09. The van der Waals surface area contributed by atoms with E-state index in [0.29, 0.717) is 12.2 Å². The third-order valence-electron chi connectivity index (χ3n) is 4.69. The molecule has 1 aliphatic heterocycles. The first-order valence-corrected chi connectivity index (χ1v) is 11.2. The zero-order chi connectivity index (χ0) is 21.1. The fraction of sp³-hybridized carbons (Fsp3) is 0.238. The summed E-state index contributed by atoms with van der Waals surface area (Å²) >= 11 is 5.06. The van der Waals surface area contributed by atoms with Crippen LogP contribution < -0.4 is 10.6 Å². The summed E-state index contributed by atoms with van der Waals surface area (Å²) in [6, 6.07) is 15.5. The van der Waals surface area contributed by atoms with Gasteiger partial charge in [0.2, 0.25) is 5.91 Å². The van der Waals surface area contributed by atoms with Crippen LogP contribution in [-0.4, -0.2) is 32.7 Å². The number of nitrogens with one attached hydrogen (secondary N) is 2. The van der Waals surface area contributed by atoms with Crippen LogP contribution in [0.15, 0.2) is 58.2 Å². The lowest BCUT2D eigenvalue weighted by Crippen LogP contribution is -2.53. The summed E-state index contributed by atoms with van der Waals surface area (Å²) in [6.07, 6.45) is 0.632. The summed E-state index contributed by atoms with van der Waals surface area (Å²) < 4.78 is 3.05. The van der Waals surface area contributed by atoms with Crippen LogP contribution in [0.1, 0.15) is 23.4 Å². The lowest BCUT2D eigenvalue weighted by atomic mass is 10.1. The number of urea groups is 1. The van der Waals surface area contributed by atoms with Crippen LogP contribution in [0.5, 0.6) is 0 Å². The zero-order valence-corrected chi connectivity index (χ0v) is 18.7. The molecule has 0 spiro atoms. The van der Waals surface area contributed by atoms with E-state index in [9.17, 15) is 9.59 Å². The van der Waals surface area contributed by atoms with Gasteiger partial charge in [-0.3, -0.25) is 14.7 Å². The fourth-order valence-corrected chi connectivity index (χ4v) is 4.49. The lowest BCUT2D eigenvalue weighted by molar-refractivity contribution is -0.121. The molecule has 7 nitrogen and oxygen atoms in total. The number of aryl methyl sites for hydroxylation is 1. The molecule has 1 fully saturated rings. The maximum Gasteiger partial charge on any atom is 0.321 e. The molecule has 154 valence electrons. The van der Waals surface area contributed by atoms with E-state index in [-0.39, 0.29) is 18.4 Å². The van der Waals surface area contributed by atoms with Crippen LogP contribution in [0, 0.1) is 6.92 Å². The Labute approximate surface area is 186 Å². The van der Waals surface area contributed by atoms with Crippen molar-refractivity contribution in [1.29, 1.82) is 0 Å². The van der Waals surface area contributed by atoms with Crippen molar-refractivity contribution in [2.75, 3.05) is 0 Å². The van der Waals surface area contributed by atoms with E-state index in [2.05, 4.69) is 55.0 Å². The van der Waals surface area contributed by atoms with Crippen molar-refractivity contribution in [3.05, 3.63) is 70.0 Å². The standard InChI is InChI=1S/C21H20BrN5O2S/c1-13-3-2-4-17(9-13)27-18(10-16-11-19(28)24-20(29)23-16)25-26-21(27)30-12-14-5-7-15(22)8-6-14/h2-9,16H,10-12H2,1H3,(H2,23,24,28,29). The predicted molar refractivity (Wildman–Crippen MR) is 119 cm³/mol. The Morgan fingerprint density at radius 2 is 1.97 bits per heavy atom. The van der Waals surface area contributed by atoms with E-state index >= 15 is 0 Å². The van der Waals surface area contributed by atoms with Crippen LogP contribution in [0.25, 0.3) is 5.69 Å². The molecule has 1 atom stereocenters. The van der Waals surface area contributed by atoms with E-state index in [1.54, 1.807) is 11.8 Å². The highest BCUT2D eigenvalue weighted by Gasteiger charge is 2.26. The minimum Gasteiger partial charge on any atom is -0.334 e. The highest BCUT2D eigenvalue weighted by Crippen LogP contribution is 2.27. The molecular formula is C21H20BrN5O2S.